The Balaban J connectivity index is 1.55. The fraction of sp³-hybridized carbons (Fsp3) is 0.500. The summed E-state index contributed by atoms with van der Waals surface area (Å²) in [7, 11) is 1.56. The first-order chi connectivity index (χ1) is 15.9. The molecule has 7 nitrogen and oxygen atoms in total. The standard InChI is InChI=1S/C26H33N3O4/c1-28(17-23(30)18-9-5-4-6-10-18)26(33)22-16-29(20-13-14-20)15-21(24(22)31)25(32)27-19-11-7-2-3-8-12-19/h4-6,9-10,15-16,19-20,23,30H,2-3,7-8,11-14,17H2,1H3,(H,27,32)/t23-/m1/s1. The van der Waals surface area contributed by atoms with E-state index in [0.29, 0.717) is 5.56 Å². The highest BCUT2D eigenvalue weighted by Crippen LogP contribution is 2.34. The van der Waals surface area contributed by atoms with Crippen molar-refractivity contribution < 1.29 is 14.7 Å². The fourth-order valence-electron chi connectivity index (χ4n) is 4.51. The van der Waals surface area contributed by atoms with Crippen LogP contribution in [0.2, 0.25) is 0 Å². The maximum Gasteiger partial charge on any atom is 0.259 e. The van der Waals surface area contributed by atoms with Gasteiger partial charge in [0.1, 0.15) is 11.1 Å². The van der Waals surface area contributed by atoms with Crippen LogP contribution >= 0.6 is 0 Å². The first-order valence-electron chi connectivity index (χ1n) is 12.0. The Labute approximate surface area is 194 Å². The SMILES string of the molecule is CN(C[C@@H](O)c1ccccc1)C(=O)c1cn(C2CC2)cc(C(=O)NC2CCCCCC2)c1=O. The number of hydrogen-bond acceptors (Lipinski definition) is 4. The molecule has 2 amide bonds. The third kappa shape index (κ3) is 5.71. The van der Waals surface area contributed by atoms with Crippen molar-refractivity contribution in [2.24, 2.45) is 0 Å². The number of benzene rings is 1. The van der Waals surface area contributed by atoms with Crippen LogP contribution in [0.15, 0.2) is 47.5 Å². The van der Waals surface area contributed by atoms with Gasteiger partial charge in [-0.3, -0.25) is 14.4 Å². The fourth-order valence-corrected chi connectivity index (χ4v) is 4.51. The van der Waals surface area contributed by atoms with Crippen LogP contribution in [-0.2, 0) is 0 Å². The summed E-state index contributed by atoms with van der Waals surface area (Å²) in [5.41, 5.74) is 0.139. The summed E-state index contributed by atoms with van der Waals surface area (Å²) in [5.74, 6) is -0.892. The average Bonchev–Trinajstić information content (AvgIpc) is 3.67. The van der Waals surface area contributed by atoms with Crippen LogP contribution in [0.4, 0.5) is 0 Å². The van der Waals surface area contributed by atoms with Gasteiger partial charge in [-0.2, -0.15) is 0 Å². The van der Waals surface area contributed by atoms with E-state index in [-0.39, 0.29) is 29.8 Å². The number of nitrogens with zero attached hydrogens (tertiary/aromatic N) is 2. The van der Waals surface area contributed by atoms with Gasteiger partial charge < -0.3 is 19.9 Å². The second kappa shape index (κ2) is 10.3. The first-order valence-corrected chi connectivity index (χ1v) is 12.0. The lowest BCUT2D eigenvalue weighted by molar-refractivity contribution is 0.0679. The number of hydrogen-bond donors (Lipinski definition) is 2. The van der Waals surface area contributed by atoms with Gasteiger partial charge in [0, 0.05) is 31.5 Å². The normalized spacial score (nSPS) is 17.8. The number of pyridine rings is 1. The van der Waals surface area contributed by atoms with Crippen LogP contribution in [0.1, 0.15) is 89.8 Å². The van der Waals surface area contributed by atoms with E-state index >= 15 is 0 Å². The van der Waals surface area contributed by atoms with Crippen LogP contribution in [0, 0.1) is 0 Å². The van der Waals surface area contributed by atoms with Gasteiger partial charge in [0.05, 0.1) is 12.6 Å². The quantitative estimate of drug-likeness (QED) is 0.631. The molecule has 2 aromatic rings. The molecule has 2 saturated carbocycles. The molecule has 33 heavy (non-hydrogen) atoms. The van der Waals surface area contributed by atoms with Crippen molar-refractivity contribution in [2.45, 2.75) is 69.6 Å². The van der Waals surface area contributed by atoms with Gasteiger partial charge in [0.25, 0.3) is 11.8 Å². The second-order valence-electron chi connectivity index (χ2n) is 9.37. The Kier molecular flexibility index (Phi) is 7.28. The van der Waals surface area contributed by atoms with Gasteiger partial charge in [-0.1, -0.05) is 56.0 Å². The van der Waals surface area contributed by atoms with Crippen LogP contribution in [-0.4, -0.2) is 46.0 Å². The van der Waals surface area contributed by atoms with E-state index < -0.39 is 23.3 Å². The molecule has 176 valence electrons. The number of carbonyl (C=O) groups excluding carboxylic acids is 2. The van der Waals surface area contributed by atoms with E-state index in [1.165, 1.54) is 17.7 Å². The molecule has 0 saturated heterocycles. The molecule has 7 heteroatoms. The van der Waals surface area contributed by atoms with Crippen LogP contribution in [0.3, 0.4) is 0 Å². The molecule has 1 atom stereocenters. The maximum absolute atomic E-state index is 13.2. The van der Waals surface area contributed by atoms with E-state index in [0.717, 1.165) is 38.5 Å². The molecule has 2 aliphatic rings. The zero-order chi connectivity index (χ0) is 23.4. The number of amides is 2. The minimum absolute atomic E-state index is 0.0222. The van der Waals surface area contributed by atoms with E-state index in [1.54, 1.807) is 31.6 Å². The van der Waals surface area contributed by atoms with Crippen molar-refractivity contribution >= 4 is 11.8 Å². The molecule has 0 spiro atoms. The lowest BCUT2D eigenvalue weighted by Gasteiger charge is -2.22. The highest BCUT2D eigenvalue weighted by Gasteiger charge is 2.29. The number of aliphatic hydroxyl groups is 1. The molecule has 0 unspecified atom stereocenters. The van der Waals surface area contributed by atoms with E-state index in [4.69, 9.17) is 0 Å². The Morgan fingerprint density at radius 2 is 1.67 bits per heavy atom. The number of likely N-dealkylation sites (N-methyl/N-ethyl adjacent to an activating group) is 1. The molecule has 4 rings (SSSR count). The summed E-state index contributed by atoms with van der Waals surface area (Å²) < 4.78 is 1.83. The summed E-state index contributed by atoms with van der Waals surface area (Å²) in [4.78, 5) is 40.8. The molecule has 0 radical (unpaired) electrons. The average molecular weight is 452 g/mol. The zero-order valence-corrected chi connectivity index (χ0v) is 19.2. The predicted molar refractivity (Wildman–Crippen MR) is 126 cm³/mol. The van der Waals surface area contributed by atoms with Crippen LogP contribution < -0.4 is 10.7 Å². The summed E-state index contributed by atoms with van der Waals surface area (Å²) in [6.45, 7) is 0.0458. The molecule has 0 aliphatic heterocycles. The second-order valence-corrected chi connectivity index (χ2v) is 9.37. The molecule has 1 aromatic carbocycles. The van der Waals surface area contributed by atoms with Gasteiger partial charge in [-0.05, 0) is 31.2 Å². The van der Waals surface area contributed by atoms with E-state index in [9.17, 15) is 19.5 Å². The molecule has 0 bridgehead atoms. The third-order valence-corrected chi connectivity index (χ3v) is 6.66. The molecule has 2 fully saturated rings. The Morgan fingerprint density at radius 1 is 1.03 bits per heavy atom. The monoisotopic (exact) mass is 451 g/mol. The van der Waals surface area contributed by atoms with E-state index in [2.05, 4.69) is 5.32 Å². The van der Waals surface area contributed by atoms with Gasteiger partial charge >= 0.3 is 0 Å². The zero-order valence-electron chi connectivity index (χ0n) is 19.2. The highest BCUT2D eigenvalue weighted by molar-refractivity contribution is 5.99. The third-order valence-electron chi connectivity index (χ3n) is 6.66. The highest BCUT2D eigenvalue weighted by atomic mass is 16.3. The lowest BCUT2D eigenvalue weighted by atomic mass is 10.1. The van der Waals surface area contributed by atoms with Gasteiger partial charge in [-0.25, -0.2) is 0 Å². The summed E-state index contributed by atoms with van der Waals surface area (Å²) in [6, 6.07) is 9.37. The van der Waals surface area contributed by atoms with Gasteiger partial charge in [-0.15, -0.1) is 0 Å². The predicted octanol–water partition coefficient (Wildman–Crippen LogP) is 3.44. The molecule has 2 N–H and O–H groups in total. The molecular weight excluding hydrogens is 418 g/mol. The van der Waals surface area contributed by atoms with Crippen molar-refractivity contribution in [1.29, 1.82) is 0 Å². The number of carbonyl (C=O) groups is 2. The Morgan fingerprint density at radius 3 is 2.30 bits per heavy atom. The number of rotatable bonds is 7. The Bertz CT molecular complexity index is 1040. The van der Waals surface area contributed by atoms with Crippen molar-refractivity contribution in [1.82, 2.24) is 14.8 Å². The van der Waals surface area contributed by atoms with Gasteiger partial charge in [0.2, 0.25) is 5.43 Å². The van der Waals surface area contributed by atoms with Crippen molar-refractivity contribution in [2.75, 3.05) is 13.6 Å². The minimum Gasteiger partial charge on any atom is -0.387 e. The van der Waals surface area contributed by atoms with Crippen LogP contribution in [0.5, 0.6) is 0 Å². The summed E-state index contributed by atoms with van der Waals surface area (Å²) in [6.07, 6.45) is 10.5. The van der Waals surface area contributed by atoms with Crippen molar-refractivity contribution in [3.63, 3.8) is 0 Å². The smallest absolute Gasteiger partial charge is 0.259 e. The summed E-state index contributed by atoms with van der Waals surface area (Å²) in [5, 5.41) is 13.6. The number of aromatic nitrogens is 1. The van der Waals surface area contributed by atoms with Crippen molar-refractivity contribution in [3.8, 4) is 0 Å². The molecule has 1 heterocycles. The number of aliphatic hydroxyl groups excluding tert-OH is 1. The Hall–Kier alpha value is -2.93. The number of nitrogens with one attached hydrogen (secondary N) is 1. The maximum atomic E-state index is 13.2. The largest absolute Gasteiger partial charge is 0.387 e. The minimum atomic E-state index is -0.868. The van der Waals surface area contributed by atoms with Gasteiger partial charge in [0.15, 0.2) is 0 Å². The van der Waals surface area contributed by atoms with Crippen LogP contribution in [0.25, 0.3) is 0 Å². The lowest BCUT2D eigenvalue weighted by Crippen LogP contribution is -2.40. The first kappa shape index (κ1) is 23.2. The molecular formula is C26H33N3O4. The topological polar surface area (TPSA) is 91.6 Å². The van der Waals surface area contributed by atoms with E-state index in [1.807, 2.05) is 22.8 Å². The summed E-state index contributed by atoms with van der Waals surface area (Å²) >= 11 is 0. The molecule has 1 aromatic heterocycles. The molecule has 2 aliphatic carbocycles. The van der Waals surface area contributed by atoms with Crippen molar-refractivity contribution in [3.05, 3.63) is 69.6 Å².